The van der Waals surface area contributed by atoms with Crippen molar-refractivity contribution < 1.29 is 29.0 Å². The van der Waals surface area contributed by atoms with E-state index in [0.29, 0.717) is 0 Å². The van der Waals surface area contributed by atoms with Crippen molar-refractivity contribution in [1.29, 1.82) is 0 Å². The fourth-order valence-corrected chi connectivity index (χ4v) is 2.02. The minimum absolute atomic E-state index is 0.0105. The smallest absolute Gasteiger partial charge is 0.408 e. The first-order chi connectivity index (χ1) is 12.1. The van der Waals surface area contributed by atoms with Crippen molar-refractivity contribution in [3.63, 3.8) is 0 Å². The van der Waals surface area contributed by atoms with E-state index in [1.165, 1.54) is 0 Å². The molecule has 0 aromatic heterocycles. The SMILES string of the molecule is CC(OC(=O)NCC[C@H](NC(=O)OC(C)(C)C)C(=O)O)c1ccccc1. The molecule has 1 aromatic rings. The Hall–Kier alpha value is -2.77. The fraction of sp³-hybridized carbons (Fsp3) is 0.500. The van der Waals surface area contributed by atoms with Gasteiger partial charge in [0.2, 0.25) is 0 Å². The number of carboxylic acid groups (broad SMARTS) is 1. The summed E-state index contributed by atoms with van der Waals surface area (Å²) < 4.78 is 10.2. The third kappa shape index (κ3) is 8.36. The number of ether oxygens (including phenoxy) is 2. The largest absolute Gasteiger partial charge is 0.480 e. The topological polar surface area (TPSA) is 114 Å². The molecule has 0 radical (unpaired) electrons. The van der Waals surface area contributed by atoms with Crippen LogP contribution in [-0.2, 0) is 14.3 Å². The summed E-state index contributed by atoms with van der Waals surface area (Å²) in [5.74, 6) is -1.22. The number of amides is 2. The molecule has 2 amide bonds. The van der Waals surface area contributed by atoms with Gasteiger partial charge in [0.25, 0.3) is 0 Å². The van der Waals surface area contributed by atoms with Crippen LogP contribution in [0.25, 0.3) is 0 Å². The van der Waals surface area contributed by atoms with Crippen LogP contribution in [0.2, 0.25) is 0 Å². The minimum Gasteiger partial charge on any atom is -0.480 e. The van der Waals surface area contributed by atoms with E-state index in [4.69, 9.17) is 14.6 Å². The van der Waals surface area contributed by atoms with Gasteiger partial charge in [-0.15, -0.1) is 0 Å². The third-order valence-electron chi connectivity index (χ3n) is 3.24. The number of nitrogens with one attached hydrogen (secondary N) is 2. The Labute approximate surface area is 152 Å². The molecule has 8 heteroatoms. The molecule has 1 unspecified atom stereocenters. The van der Waals surface area contributed by atoms with Crippen LogP contribution in [0.3, 0.4) is 0 Å². The number of carboxylic acids is 1. The molecular weight excluding hydrogens is 340 g/mol. The maximum absolute atomic E-state index is 11.8. The van der Waals surface area contributed by atoms with Crippen LogP contribution < -0.4 is 10.6 Å². The Bertz CT molecular complexity index is 612. The van der Waals surface area contributed by atoms with Crippen LogP contribution in [0.1, 0.15) is 45.8 Å². The molecule has 2 atom stereocenters. The number of carbonyl (C=O) groups is 3. The number of rotatable bonds is 7. The second-order valence-electron chi connectivity index (χ2n) is 6.71. The Balaban J connectivity index is 2.41. The standard InChI is InChI=1S/C18H26N2O6/c1-12(13-8-6-5-7-9-13)25-16(23)19-11-10-14(15(21)22)20-17(24)26-18(2,3)4/h5-9,12,14H,10-11H2,1-4H3,(H,19,23)(H,20,24)(H,21,22)/t12?,14-/m0/s1. The second-order valence-corrected chi connectivity index (χ2v) is 6.71. The van der Waals surface area contributed by atoms with Crippen molar-refractivity contribution in [2.45, 2.75) is 51.9 Å². The summed E-state index contributed by atoms with van der Waals surface area (Å²) in [5, 5.41) is 13.9. The van der Waals surface area contributed by atoms with E-state index in [2.05, 4.69) is 10.6 Å². The number of aliphatic carboxylic acids is 1. The summed E-state index contributed by atoms with van der Waals surface area (Å²) in [5.41, 5.74) is 0.112. The van der Waals surface area contributed by atoms with E-state index in [1.807, 2.05) is 30.3 Å². The van der Waals surface area contributed by atoms with Crippen molar-refractivity contribution in [2.24, 2.45) is 0 Å². The monoisotopic (exact) mass is 366 g/mol. The zero-order valence-corrected chi connectivity index (χ0v) is 15.4. The maximum Gasteiger partial charge on any atom is 0.408 e. The van der Waals surface area contributed by atoms with Gasteiger partial charge in [0.15, 0.2) is 0 Å². The minimum atomic E-state index is -1.22. The zero-order chi connectivity index (χ0) is 19.7. The predicted molar refractivity (Wildman–Crippen MR) is 94.8 cm³/mol. The fourth-order valence-electron chi connectivity index (χ4n) is 2.02. The van der Waals surface area contributed by atoms with E-state index in [9.17, 15) is 14.4 Å². The highest BCUT2D eigenvalue weighted by atomic mass is 16.6. The molecule has 144 valence electrons. The quantitative estimate of drug-likeness (QED) is 0.684. The summed E-state index contributed by atoms with van der Waals surface area (Å²) >= 11 is 0. The Morgan fingerprint density at radius 2 is 1.73 bits per heavy atom. The first-order valence-electron chi connectivity index (χ1n) is 8.30. The van der Waals surface area contributed by atoms with Crippen molar-refractivity contribution in [1.82, 2.24) is 10.6 Å². The van der Waals surface area contributed by atoms with Crippen LogP contribution in [0.15, 0.2) is 30.3 Å². The molecule has 26 heavy (non-hydrogen) atoms. The Kier molecular flexibility index (Phi) is 7.89. The summed E-state index contributed by atoms with van der Waals surface area (Å²) in [6, 6.07) is 8.03. The van der Waals surface area contributed by atoms with Crippen LogP contribution in [0.5, 0.6) is 0 Å². The van der Waals surface area contributed by atoms with E-state index < -0.39 is 35.9 Å². The normalized spacial score (nSPS) is 13.2. The molecule has 0 aliphatic heterocycles. The van der Waals surface area contributed by atoms with Gasteiger partial charge < -0.3 is 25.2 Å². The summed E-state index contributed by atoms with van der Waals surface area (Å²) in [6.45, 7) is 6.78. The number of hydrogen-bond donors (Lipinski definition) is 3. The van der Waals surface area contributed by atoms with E-state index in [0.717, 1.165) is 5.56 Å². The molecule has 1 rings (SSSR count). The van der Waals surface area contributed by atoms with Gasteiger partial charge in [0, 0.05) is 6.54 Å². The van der Waals surface area contributed by atoms with Gasteiger partial charge in [-0.25, -0.2) is 14.4 Å². The Morgan fingerprint density at radius 1 is 1.12 bits per heavy atom. The van der Waals surface area contributed by atoms with Gasteiger partial charge in [-0.05, 0) is 39.7 Å². The zero-order valence-electron chi connectivity index (χ0n) is 15.4. The van der Waals surface area contributed by atoms with Crippen molar-refractivity contribution >= 4 is 18.2 Å². The van der Waals surface area contributed by atoms with E-state index in [-0.39, 0.29) is 13.0 Å². The molecular formula is C18H26N2O6. The van der Waals surface area contributed by atoms with Crippen molar-refractivity contribution in [3.8, 4) is 0 Å². The van der Waals surface area contributed by atoms with Crippen LogP contribution in [0, 0.1) is 0 Å². The molecule has 0 spiro atoms. The molecule has 0 heterocycles. The van der Waals surface area contributed by atoms with Gasteiger partial charge in [-0.1, -0.05) is 30.3 Å². The number of hydrogen-bond acceptors (Lipinski definition) is 5. The molecule has 0 saturated carbocycles. The first kappa shape index (κ1) is 21.3. The average Bonchev–Trinajstić information content (AvgIpc) is 2.52. The highest BCUT2D eigenvalue weighted by Gasteiger charge is 2.24. The lowest BCUT2D eigenvalue weighted by molar-refractivity contribution is -0.139. The highest BCUT2D eigenvalue weighted by molar-refractivity contribution is 5.80. The van der Waals surface area contributed by atoms with E-state index in [1.54, 1.807) is 27.7 Å². The lowest BCUT2D eigenvalue weighted by Crippen LogP contribution is -2.45. The number of alkyl carbamates (subject to hydrolysis) is 2. The Morgan fingerprint density at radius 3 is 2.27 bits per heavy atom. The molecule has 0 fully saturated rings. The van der Waals surface area contributed by atoms with Gasteiger partial charge in [0.05, 0.1) is 0 Å². The summed E-state index contributed by atoms with van der Waals surface area (Å²) in [4.78, 5) is 34.7. The molecule has 0 aliphatic carbocycles. The van der Waals surface area contributed by atoms with Crippen molar-refractivity contribution in [3.05, 3.63) is 35.9 Å². The van der Waals surface area contributed by atoms with Crippen LogP contribution in [0.4, 0.5) is 9.59 Å². The van der Waals surface area contributed by atoms with Gasteiger partial charge in [-0.3, -0.25) is 0 Å². The third-order valence-corrected chi connectivity index (χ3v) is 3.24. The highest BCUT2D eigenvalue weighted by Crippen LogP contribution is 2.15. The molecule has 8 nitrogen and oxygen atoms in total. The van der Waals surface area contributed by atoms with Gasteiger partial charge in [0.1, 0.15) is 17.7 Å². The molecule has 0 saturated heterocycles. The van der Waals surface area contributed by atoms with Gasteiger partial charge in [-0.2, -0.15) is 0 Å². The first-order valence-corrected chi connectivity index (χ1v) is 8.30. The van der Waals surface area contributed by atoms with Crippen LogP contribution in [-0.4, -0.2) is 41.4 Å². The lowest BCUT2D eigenvalue weighted by atomic mass is 10.1. The molecule has 0 bridgehead atoms. The number of carbonyl (C=O) groups excluding carboxylic acids is 2. The summed E-state index contributed by atoms with van der Waals surface area (Å²) in [6.07, 6.45) is -1.94. The predicted octanol–water partition coefficient (Wildman–Crippen LogP) is 2.84. The lowest BCUT2D eigenvalue weighted by Gasteiger charge is -2.22. The molecule has 0 aliphatic rings. The molecule has 1 aromatic carbocycles. The second kappa shape index (κ2) is 9.65. The van der Waals surface area contributed by atoms with Crippen LogP contribution >= 0.6 is 0 Å². The maximum atomic E-state index is 11.8. The van der Waals surface area contributed by atoms with Gasteiger partial charge >= 0.3 is 18.2 Å². The summed E-state index contributed by atoms with van der Waals surface area (Å²) in [7, 11) is 0. The van der Waals surface area contributed by atoms with Crippen molar-refractivity contribution in [2.75, 3.05) is 6.54 Å². The average molecular weight is 366 g/mol. The molecule has 3 N–H and O–H groups in total. The number of benzene rings is 1. The van der Waals surface area contributed by atoms with E-state index >= 15 is 0 Å².